The lowest BCUT2D eigenvalue weighted by atomic mass is 10.4. The summed E-state index contributed by atoms with van der Waals surface area (Å²) in [6, 6.07) is 0. The third-order valence-electron chi connectivity index (χ3n) is 1.99. The zero-order valence-corrected chi connectivity index (χ0v) is 8.63. The number of imidazole rings is 1. The van der Waals surface area contributed by atoms with Gasteiger partial charge in [0.05, 0.1) is 6.61 Å². The molecular weight excluding hydrogens is 233 g/mol. The number of aromatic amines is 1. The van der Waals surface area contributed by atoms with E-state index in [1.54, 1.807) is 0 Å². The molecule has 2 aromatic rings. The number of hydrogen-bond acceptors (Lipinski definition) is 6. The minimum absolute atomic E-state index is 0.0404. The Hall–Kier alpha value is -2.16. The van der Waals surface area contributed by atoms with Gasteiger partial charge in [-0.05, 0) is 0 Å². The summed E-state index contributed by atoms with van der Waals surface area (Å²) in [6.07, 6.45) is -0.344. The number of aliphatic hydroxyl groups excluding tert-OH is 1. The van der Waals surface area contributed by atoms with Crippen LogP contribution in [0.5, 0.6) is 0 Å². The van der Waals surface area contributed by atoms with Crippen molar-refractivity contribution in [1.29, 1.82) is 0 Å². The molecule has 17 heavy (non-hydrogen) atoms. The van der Waals surface area contributed by atoms with Gasteiger partial charge >= 0.3 is 0 Å². The van der Waals surface area contributed by atoms with Crippen LogP contribution in [0, 0.1) is 0 Å². The number of aromatic nitrogens is 4. The van der Waals surface area contributed by atoms with Crippen LogP contribution in [0.25, 0.3) is 11.2 Å². The summed E-state index contributed by atoms with van der Waals surface area (Å²) in [5.41, 5.74) is 4.99. The number of nitrogens with two attached hydrogens (primary N) is 1. The Balaban J connectivity index is 2.33. The van der Waals surface area contributed by atoms with Gasteiger partial charge in [0.15, 0.2) is 11.7 Å². The molecule has 8 nitrogen and oxygen atoms in total. The van der Waals surface area contributed by atoms with Gasteiger partial charge in [-0.25, -0.2) is 9.37 Å². The number of anilines is 1. The third kappa shape index (κ3) is 2.18. The molecule has 0 fully saturated rings. The maximum atomic E-state index is 12.8. The molecule has 0 aromatic carbocycles. The highest BCUT2D eigenvalue weighted by molar-refractivity contribution is 5.69. The van der Waals surface area contributed by atoms with Crippen molar-refractivity contribution in [2.75, 3.05) is 18.9 Å². The van der Waals surface area contributed by atoms with Gasteiger partial charge in [0.25, 0.3) is 5.56 Å². The zero-order chi connectivity index (χ0) is 12.4. The summed E-state index contributed by atoms with van der Waals surface area (Å²) in [7, 11) is 0. The van der Waals surface area contributed by atoms with Gasteiger partial charge in [-0.2, -0.15) is 9.71 Å². The Morgan fingerprint density at radius 2 is 2.47 bits per heavy atom. The molecule has 2 heterocycles. The number of nitrogen functional groups attached to an aromatic ring is 1. The fourth-order valence-corrected chi connectivity index (χ4v) is 1.22. The van der Waals surface area contributed by atoms with Crippen LogP contribution >= 0.6 is 0 Å². The smallest absolute Gasteiger partial charge is 0.280 e. The van der Waals surface area contributed by atoms with Crippen molar-refractivity contribution in [3.8, 4) is 0 Å². The van der Waals surface area contributed by atoms with E-state index in [1.807, 2.05) is 0 Å². The van der Waals surface area contributed by atoms with E-state index in [1.165, 1.54) is 6.33 Å². The first-order chi connectivity index (χ1) is 8.11. The summed E-state index contributed by atoms with van der Waals surface area (Å²) in [5.74, 6) is -0.0909. The quantitative estimate of drug-likeness (QED) is 0.598. The van der Waals surface area contributed by atoms with Gasteiger partial charge in [-0.3, -0.25) is 9.78 Å². The number of nitrogens with one attached hydrogen (secondary N) is 1. The van der Waals surface area contributed by atoms with Crippen LogP contribution in [-0.4, -0.2) is 44.2 Å². The third-order valence-corrected chi connectivity index (χ3v) is 1.99. The standard InChI is InChI=1S/C8H10FN5O3/c9-4(1-15)2-17-14-3-11-5-6(14)12-8(10)13-7(5)16/h3-4,15H,1-2H2,(H3,10,12,13,16). The number of rotatable bonds is 4. The Morgan fingerprint density at radius 3 is 3.18 bits per heavy atom. The Kier molecular flexibility index (Phi) is 2.91. The molecule has 0 radical (unpaired) electrons. The van der Waals surface area contributed by atoms with Gasteiger partial charge in [-0.1, -0.05) is 0 Å². The number of fused-ring (bicyclic) bond motifs is 1. The first kappa shape index (κ1) is 11.3. The van der Waals surface area contributed by atoms with Crippen LogP contribution < -0.4 is 16.1 Å². The van der Waals surface area contributed by atoms with E-state index >= 15 is 0 Å². The molecule has 2 aromatic heterocycles. The van der Waals surface area contributed by atoms with Gasteiger partial charge in [0.1, 0.15) is 12.9 Å². The van der Waals surface area contributed by atoms with Crippen molar-refractivity contribution in [1.82, 2.24) is 19.7 Å². The van der Waals surface area contributed by atoms with Crippen molar-refractivity contribution in [3.63, 3.8) is 0 Å². The van der Waals surface area contributed by atoms with Crippen LogP contribution in [0.1, 0.15) is 0 Å². The summed E-state index contributed by atoms with van der Waals surface area (Å²) in [6.45, 7) is -1.03. The molecule has 1 atom stereocenters. The number of alkyl halides is 1. The normalized spacial score (nSPS) is 12.8. The molecule has 2 rings (SSSR count). The molecule has 0 saturated heterocycles. The molecule has 1 unspecified atom stereocenters. The van der Waals surface area contributed by atoms with Crippen LogP contribution in [0.15, 0.2) is 11.1 Å². The van der Waals surface area contributed by atoms with Crippen molar-refractivity contribution in [2.45, 2.75) is 6.17 Å². The van der Waals surface area contributed by atoms with Crippen molar-refractivity contribution in [3.05, 3.63) is 16.7 Å². The zero-order valence-electron chi connectivity index (χ0n) is 8.63. The van der Waals surface area contributed by atoms with Crippen molar-refractivity contribution in [2.24, 2.45) is 0 Å². The van der Waals surface area contributed by atoms with E-state index in [9.17, 15) is 9.18 Å². The minimum Gasteiger partial charge on any atom is -0.408 e. The van der Waals surface area contributed by atoms with Gasteiger partial charge in [-0.15, -0.1) is 0 Å². The lowest BCUT2D eigenvalue weighted by Crippen LogP contribution is -2.23. The summed E-state index contributed by atoms with van der Waals surface area (Å²) in [4.78, 5) is 26.2. The predicted octanol–water partition coefficient (Wildman–Crippen LogP) is -1.54. The molecule has 92 valence electrons. The molecule has 4 N–H and O–H groups in total. The van der Waals surface area contributed by atoms with Gasteiger partial charge in [0.2, 0.25) is 11.6 Å². The second kappa shape index (κ2) is 4.37. The second-order valence-corrected chi connectivity index (χ2v) is 3.27. The van der Waals surface area contributed by atoms with Crippen molar-refractivity contribution < 1.29 is 14.3 Å². The fourth-order valence-electron chi connectivity index (χ4n) is 1.22. The molecule has 0 aliphatic rings. The maximum absolute atomic E-state index is 12.8. The summed E-state index contributed by atoms with van der Waals surface area (Å²) in [5, 5.41) is 8.49. The Labute approximate surface area is 93.8 Å². The SMILES string of the molecule is Nc1nc2c(ncn2OCC(F)CO)c(=O)[nH]1. The van der Waals surface area contributed by atoms with Crippen LogP contribution in [0.4, 0.5) is 10.3 Å². The largest absolute Gasteiger partial charge is 0.408 e. The average molecular weight is 243 g/mol. The van der Waals surface area contributed by atoms with Gasteiger partial charge < -0.3 is 15.7 Å². The van der Waals surface area contributed by atoms with E-state index in [2.05, 4.69) is 15.0 Å². The van der Waals surface area contributed by atoms with Gasteiger partial charge in [0, 0.05) is 0 Å². The number of H-pyrrole nitrogens is 1. The highest BCUT2D eigenvalue weighted by atomic mass is 19.1. The van der Waals surface area contributed by atoms with E-state index in [4.69, 9.17) is 15.7 Å². The molecule has 9 heteroatoms. The Bertz CT molecular complexity index is 580. The number of hydrogen-bond donors (Lipinski definition) is 3. The fraction of sp³-hybridized carbons (Fsp3) is 0.375. The minimum atomic E-state index is -1.52. The first-order valence-electron chi connectivity index (χ1n) is 4.73. The number of nitrogens with zero attached hydrogens (tertiary/aromatic N) is 3. The second-order valence-electron chi connectivity index (χ2n) is 3.27. The lowest BCUT2D eigenvalue weighted by molar-refractivity contribution is 0.0452. The van der Waals surface area contributed by atoms with E-state index < -0.39 is 18.3 Å². The number of halogens is 1. The molecule has 0 saturated carbocycles. The summed E-state index contributed by atoms with van der Waals surface area (Å²) >= 11 is 0. The molecule has 0 aliphatic heterocycles. The van der Waals surface area contributed by atoms with Crippen LogP contribution in [-0.2, 0) is 0 Å². The predicted molar refractivity (Wildman–Crippen MR) is 56.0 cm³/mol. The van der Waals surface area contributed by atoms with Crippen molar-refractivity contribution >= 4 is 17.1 Å². The monoisotopic (exact) mass is 243 g/mol. The topological polar surface area (TPSA) is 119 Å². The maximum Gasteiger partial charge on any atom is 0.280 e. The van der Waals surface area contributed by atoms with E-state index in [0.29, 0.717) is 0 Å². The molecule has 0 amide bonds. The molecule has 0 aliphatic carbocycles. The average Bonchev–Trinajstić information content (AvgIpc) is 2.69. The first-order valence-corrected chi connectivity index (χ1v) is 4.73. The van der Waals surface area contributed by atoms with E-state index in [-0.39, 0.29) is 23.7 Å². The lowest BCUT2D eigenvalue weighted by Gasteiger charge is -2.08. The van der Waals surface area contributed by atoms with Crippen LogP contribution in [0.2, 0.25) is 0 Å². The molecule has 0 bridgehead atoms. The molecular formula is C8H10FN5O3. The summed E-state index contributed by atoms with van der Waals surface area (Å²) < 4.78 is 13.8. The Morgan fingerprint density at radius 1 is 1.71 bits per heavy atom. The highest BCUT2D eigenvalue weighted by Crippen LogP contribution is 2.04. The molecule has 0 spiro atoms. The highest BCUT2D eigenvalue weighted by Gasteiger charge is 2.12. The number of aliphatic hydroxyl groups is 1. The van der Waals surface area contributed by atoms with E-state index in [0.717, 1.165) is 4.73 Å². The van der Waals surface area contributed by atoms with Crippen LogP contribution in [0.3, 0.4) is 0 Å².